The Hall–Kier alpha value is -2.95. The second kappa shape index (κ2) is 14.3. The Bertz CT molecular complexity index is 1120. The number of aliphatic hydroxyl groups is 1. The number of morpholine rings is 1. The Morgan fingerprint density at radius 2 is 1.74 bits per heavy atom. The molecule has 1 atom stereocenters. The SMILES string of the molecule is CCc1nn(-c2ccccc2)c(Oc2ccccc2OC)c1CN(CCOC)C[C@@H](O)CN1CCOCC1. The number of nitrogens with zero attached hydrogens (tertiary/aromatic N) is 4. The van der Waals surface area contributed by atoms with Gasteiger partial charge in [0.15, 0.2) is 11.5 Å². The number of aryl methyl sites for hydroxylation is 1. The van der Waals surface area contributed by atoms with E-state index in [4.69, 9.17) is 24.0 Å². The van der Waals surface area contributed by atoms with E-state index in [0.717, 1.165) is 36.5 Å². The van der Waals surface area contributed by atoms with Gasteiger partial charge in [0.25, 0.3) is 0 Å². The van der Waals surface area contributed by atoms with E-state index in [2.05, 4.69) is 16.7 Å². The molecule has 1 fully saturated rings. The number of rotatable bonds is 14. The van der Waals surface area contributed by atoms with E-state index in [0.29, 0.717) is 63.4 Å². The second-order valence-corrected chi connectivity index (χ2v) is 9.38. The molecule has 3 aromatic rings. The standard InChI is InChI=1S/C29H40N4O5/c1-4-26-25(22-32(14-17-35-2)21-24(34)20-31-15-18-37-19-16-31)29(33(30-26)23-10-6-5-7-11-23)38-28-13-9-8-12-27(28)36-3/h5-13,24,34H,4,14-22H2,1-3H3/t24-/m0/s1. The van der Waals surface area contributed by atoms with Gasteiger partial charge >= 0.3 is 0 Å². The van der Waals surface area contributed by atoms with Crippen LogP contribution in [-0.2, 0) is 22.4 Å². The summed E-state index contributed by atoms with van der Waals surface area (Å²) in [6.45, 7) is 8.11. The molecule has 2 aromatic carbocycles. The Labute approximate surface area is 225 Å². The van der Waals surface area contributed by atoms with Gasteiger partial charge in [-0.1, -0.05) is 37.3 Å². The third-order valence-electron chi connectivity index (χ3n) is 6.67. The summed E-state index contributed by atoms with van der Waals surface area (Å²) in [5.74, 6) is 1.91. The van der Waals surface area contributed by atoms with Crippen LogP contribution in [0.2, 0.25) is 0 Å². The van der Waals surface area contributed by atoms with E-state index < -0.39 is 6.10 Å². The quantitative estimate of drug-likeness (QED) is 0.344. The van der Waals surface area contributed by atoms with E-state index >= 15 is 0 Å². The van der Waals surface area contributed by atoms with Crippen LogP contribution >= 0.6 is 0 Å². The number of ether oxygens (including phenoxy) is 4. The molecular weight excluding hydrogens is 484 g/mol. The highest BCUT2D eigenvalue weighted by Gasteiger charge is 2.25. The highest BCUT2D eigenvalue weighted by atomic mass is 16.5. The average molecular weight is 525 g/mol. The molecule has 1 saturated heterocycles. The molecular formula is C29H40N4O5. The number of aliphatic hydroxyl groups excluding tert-OH is 1. The summed E-state index contributed by atoms with van der Waals surface area (Å²) < 4.78 is 24.9. The maximum atomic E-state index is 11.0. The van der Waals surface area contributed by atoms with Gasteiger partial charge in [0.05, 0.1) is 50.0 Å². The van der Waals surface area contributed by atoms with Gasteiger partial charge < -0.3 is 24.1 Å². The first-order valence-electron chi connectivity index (χ1n) is 13.3. The Balaban J connectivity index is 1.65. The largest absolute Gasteiger partial charge is 0.493 e. The zero-order valence-electron chi connectivity index (χ0n) is 22.7. The normalized spacial score (nSPS) is 15.1. The van der Waals surface area contributed by atoms with Gasteiger partial charge in [-0.05, 0) is 30.7 Å². The summed E-state index contributed by atoms with van der Waals surface area (Å²) in [4.78, 5) is 4.47. The molecule has 0 radical (unpaired) electrons. The number of hydrogen-bond acceptors (Lipinski definition) is 8. The first-order valence-corrected chi connectivity index (χ1v) is 13.3. The third kappa shape index (κ3) is 7.33. The van der Waals surface area contributed by atoms with Crippen molar-refractivity contribution in [3.05, 3.63) is 65.9 Å². The minimum Gasteiger partial charge on any atom is -0.493 e. The molecule has 1 aliphatic rings. The lowest BCUT2D eigenvalue weighted by Gasteiger charge is -2.31. The molecule has 9 heteroatoms. The molecule has 1 aliphatic heterocycles. The van der Waals surface area contributed by atoms with E-state index in [9.17, 15) is 5.11 Å². The van der Waals surface area contributed by atoms with E-state index in [1.54, 1.807) is 14.2 Å². The molecule has 4 rings (SSSR count). The molecule has 0 bridgehead atoms. The van der Waals surface area contributed by atoms with Crippen molar-refractivity contribution in [3.8, 4) is 23.1 Å². The van der Waals surface area contributed by atoms with Crippen LogP contribution in [0.1, 0.15) is 18.2 Å². The number of benzene rings is 2. The number of β-amino-alcohol motifs (C(OH)–C–C–N with tert-alkyl or cyclic N) is 1. The number of methoxy groups -OCH3 is 2. The average Bonchev–Trinajstić information content (AvgIpc) is 3.29. The minimum absolute atomic E-state index is 0.502. The first kappa shape index (κ1) is 28.1. The van der Waals surface area contributed by atoms with Gasteiger partial charge in [0.2, 0.25) is 5.88 Å². The summed E-state index contributed by atoms with van der Waals surface area (Å²) in [6.07, 6.45) is 0.240. The van der Waals surface area contributed by atoms with Crippen molar-refractivity contribution in [1.29, 1.82) is 0 Å². The van der Waals surface area contributed by atoms with Gasteiger partial charge in [0.1, 0.15) is 0 Å². The van der Waals surface area contributed by atoms with Crippen molar-refractivity contribution < 1.29 is 24.1 Å². The fourth-order valence-electron chi connectivity index (χ4n) is 4.69. The molecule has 0 amide bonds. The van der Waals surface area contributed by atoms with Crippen molar-refractivity contribution in [1.82, 2.24) is 19.6 Å². The lowest BCUT2D eigenvalue weighted by Crippen LogP contribution is -2.45. The van der Waals surface area contributed by atoms with E-state index in [-0.39, 0.29) is 0 Å². The van der Waals surface area contributed by atoms with Gasteiger partial charge in [-0.25, -0.2) is 4.68 Å². The molecule has 1 N–H and O–H groups in total. The summed E-state index contributed by atoms with van der Waals surface area (Å²) in [5, 5.41) is 16.0. The maximum absolute atomic E-state index is 11.0. The van der Waals surface area contributed by atoms with Crippen LogP contribution in [-0.4, -0.2) is 97.6 Å². The summed E-state index contributed by atoms with van der Waals surface area (Å²) in [5.41, 5.74) is 2.84. The van der Waals surface area contributed by atoms with Crippen molar-refractivity contribution in [2.45, 2.75) is 26.0 Å². The third-order valence-corrected chi connectivity index (χ3v) is 6.67. The maximum Gasteiger partial charge on any atom is 0.227 e. The smallest absolute Gasteiger partial charge is 0.227 e. The molecule has 1 aromatic heterocycles. The van der Waals surface area contributed by atoms with E-state index in [1.165, 1.54) is 0 Å². The van der Waals surface area contributed by atoms with Crippen LogP contribution in [0.15, 0.2) is 54.6 Å². The van der Waals surface area contributed by atoms with Gasteiger partial charge in [-0.15, -0.1) is 0 Å². The molecule has 0 saturated carbocycles. The van der Waals surface area contributed by atoms with Crippen LogP contribution in [0, 0.1) is 0 Å². The molecule has 206 valence electrons. The predicted molar refractivity (Wildman–Crippen MR) is 146 cm³/mol. The van der Waals surface area contributed by atoms with Crippen molar-refractivity contribution in [2.75, 3.05) is 66.8 Å². The van der Waals surface area contributed by atoms with Crippen molar-refractivity contribution >= 4 is 0 Å². The Morgan fingerprint density at radius 3 is 2.42 bits per heavy atom. The summed E-state index contributed by atoms with van der Waals surface area (Å²) in [7, 11) is 3.33. The lowest BCUT2D eigenvalue weighted by molar-refractivity contribution is 0.00430. The highest BCUT2D eigenvalue weighted by molar-refractivity contribution is 5.47. The van der Waals surface area contributed by atoms with Crippen LogP contribution in [0.5, 0.6) is 17.4 Å². The molecule has 9 nitrogen and oxygen atoms in total. The van der Waals surface area contributed by atoms with Gasteiger partial charge in [-0.2, -0.15) is 5.10 Å². The Morgan fingerprint density at radius 1 is 1.03 bits per heavy atom. The fraction of sp³-hybridized carbons (Fsp3) is 0.483. The minimum atomic E-state index is -0.502. The lowest BCUT2D eigenvalue weighted by atomic mass is 10.1. The molecule has 0 unspecified atom stereocenters. The molecule has 0 aliphatic carbocycles. The number of hydrogen-bond donors (Lipinski definition) is 1. The first-order chi connectivity index (χ1) is 18.6. The summed E-state index contributed by atoms with van der Waals surface area (Å²) >= 11 is 0. The number of aromatic nitrogens is 2. The van der Waals surface area contributed by atoms with E-state index in [1.807, 2.05) is 59.3 Å². The van der Waals surface area contributed by atoms with Gasteiger partial charge in [-0.3, -0.25) is 9.80 Å². The van der Waals surface area contributed by atoms with Gasteiger partial charge in [0, 0.05) is 46.4 Å². The molecule has 0 spiro atoms. The topological polar surface area (TPSA) is 81.5 Å². The molecule has 38 heavy (non-hydrogen) atoms. The number of para-hydroxylation sites is 3. The second-order valence-electron chi connectivity index (χ2n) is 9.38. The molecule has 2 heterocycles. The summed E-state index contributed by atoms with van der Waals surface area (Å²) in [6, 6.07) is 17.6. The van der Waals surface area contributed by atoms with Crippen LogP contribution in [0.25, 0.3) is 5.69 Å². The van der Waals surface area contributed by atoms with Crippen LogP contribution in [0.3, 0.4) is 0 Å². The highest BCUT2D eigenvalue weighted by Crippen LogP contribution is 2.36. The fourth-order valence-corrected chi connectivity index (χ4v) is 4.69. The van der Waals surface area contributed by atoms with Crippen molar-refractivity contribution in [3.63, 3.8) is 0 Å². The predicted octanol–water partition coefficient (Wildman–Crippen LogP) is 3.38. The monoisotopic (exact) mass is 524 g/mol. The zero-order valence-corrected chi connectivity index (χ0v) is 22.7. The Kier molecular flexibility index (Phi) is 10.5. The van der Waals surface area contributed by atoms with Crippen LogP contribution < -0.4 is 9.47 Å². The van der Waals surface area contributed by atoms with Crippen LogP contribution in [0.4, 0.5) is 0 Å². The zero-order chi connectivity index (χ0) is 26.7. The van der Waals surface area contributed by atoms with Crippen molar-refractivity contribution in [2.24, 2.45) is 0 Å².